The van der Waals surface area contributed by atoms with Crippen molar-refractivity contribution >= 4 is 23.6 Å². The summed E-state index contributed by atoms with van der Waals surface area (Å²) in [5, 5.41) is 9.34. The van der Waals surface area contributed by atoms with Gasteiger partial charge in [0.15, 0.2) is 0 Å². The van der Waals surface area contributed by atoms with E-state index in [0.717, 1.165) is 19.3 Å². The molecule has 5 heteroatoms. The highest BCUT2D eigenvalue weighted by Gasteiger charge is 2.47. The predicted octanol–water partition coefficient (Wildman–Crippen LogP) is 1.96. The Labute approximate surface area is 117 Å². The SMILES string of the molecule is CCC1SCC(C(=O)O)N1C(=O)C1CC2C=CC1C2. The van der Waals surface area contributed by atoms with Gasteiger partial charge in [0.2, 0.25) is 5.91 Å². The minimum Gasteiger partial charge on any atom is -0.480 e. The van der Waals surface area contributed by atoms with Crippen LogP contribution >= 0.6 is 11.8 Å². The Morgan fingerprint density at radius 2 is 2.16 bits per heavy atom. The van der Waals surface area contributed by atoms with Gasteiger partial charge in [-0.05, 0) is 31.1 Å². The van der Waals surface area contributed by atoms with E-state index in [9.17, 15) is 14.7 Å². The summed E-state index contributed by atoms with van der Waals surface area (Å²) in [4.78, 5) is 25.7. The molecule has 0 aromatic heterocycles. The predicted molar refractivity (Wildman–Crippen MR) is 73.7 cm³/mol. The van der Waals surface area contributed by atoms with E-state index in [1.54, 1.807) is 16.7 Å². The van der Waals surface area contributed by atoms with Gasteiger partial charge in [0.25, 0.3) is 0 Å². The largest absolute Gasteiger partial charge is 0.480 e. The van der Waals surface area contributed by atoms with Crippen molar-refractivity contribution in [3.63, 3.8) is 0 Å². The summed E-state index contributed by atoms with van der Waals surface area (Å²) in [6.07, 6.45) is 7.16. The Morgan fingerprint density at radius 1 is 1.37 bits per heavy atom. The summed E-state index contributed by atoms with van der Waals surface area (Å²) in [5.74, 6) is 0.629. The van der Waals surface area contributed by atoms with Crippen LogP contribution in [0.15, 0.2) is 12.2 Å². The smallest absolute Gasteiger partial charge is 0.327 e. The van der Waals surface area contributed by atoms with Gasteiger partial charge in [-0.15, -0.1) is 11.8 Å². The van der Waals surface area contributed by atoms with Gasteiger partial charge in [-0.2, -0.15) is 0 Å². The van der Waals surface area contributed by atoms with Crippen LogP contribution in [-0.2, 0) is 9.59 Å². The molecule has 1 saturated heterocycles. The van der Waals surface area contributed by atoms with Crippen molar-refractivity contribution in [2.45, 2.75) is 37.6 Å². The van der Waals surface area contributed by atoms with E-state index in [2.05, 4.69) is 12.2 Å². The lowest BCUT2D eigenvalue weighted by atomic mass is 9.91. The average molecular weight is 281 g/mol. The number of allylic oxidation sites excluding steroid dienone is 2. The number of thioether (sulfide) groups is 1. The second kappa shape index (κ2) is 4.85. The number of carboxylic acid groups (broad SMARTS) is 1. The first-order chi connectivity index (χ1) is 9.11. The van der Waals surface area contributed by atoms with Gasteiger partial charge < -0.3 is 10.0 Å². The third kappa shape index (κ3) is 2.08. The van der Waals surface area contributed by atoms with Crippen LogP contribution in [0.4, 0.5) is 0 Å². The number of hydrogen-bond donors (Lipinski definition) is 1. The van der Waals surface area contributed by atoms with Crippen LogP contribution < -0.4 is 0 Å². The Kier molecular flexibility index (Phi) is 3.33. The van der Waals surface area contributed by atoms with Gasteiger partial charge in [-0.25, -0.2) is 4.79 Å². The first kappa shape index (κ1) is 13.0. The van der Waals surface area contributed by atoms with E-state index >= 15 is 0 Å². The molecule has 0 radical (unpaired) electrons. The fraction of sp³-hybridized carbons (Fsp3) is 0.714. The third-order valence-electron chi connectivity index (χ3n) is 4.58. The van der Waals surface area contributed by atoms with Crippen LogP contribution in [0, 0.1) is 17.8 Å². The molecule has 3 rings (SSSR count). The highest BCUT2D eigenvalue weighted by molar-refractivity contribution is 8.00. The zero-order chi connectivity index (χ0) is 13.6. The van der Waals surface area contributed by atoms with E-state index in [-0.39, 0.29) is 17.2 Å². The number of fused-ring (bicyclic) bond motifs is 2. The minimum absolute atomic E-state index is 0.0181. The lowest BCUT2D eigenvalue weighted by Crippen LogP contribution is -2.48. The molecule has 0 spiro atoms. The maximum Gasteiger partial charge on any atom is 0.327 e. The van der Waals surface area contributed by atoms with Crippen LogP contribution in [0.3, 0.4) is 0 Å². The molecule has 3 aliphatic rings. The zero-order valence-corrected chi connectivity index (χ0v) is 11.8. The van der Waals surface area contributed by atoms with Crippen LogP contribution in [-0.4, -0.2) is 39.1 Å². The molecule has 1 amide bonds. The fourth-order valence-electron chi connectivity index (χ4n) is 3.62. The van der Waals surface area contributed by atoms with Crippen LogP contribution in [0.5, 0.6) is 0 Å². The molecule has 2 bridgehead atoms. The molecule has 5 unspecified atom stereocenters. The third-order valence-corrected chi connectivity index (χ3v) is 6.03. The summed E-state index contributed by atoms with van der Waals surface area (Å²) in [7, 11) is 0. The normalized spacial score (nSPS) is 40.1. The molecule has 104 valence electrons. The highest BCUT2D eigenvalue weighted by Crippen LogP contribution is 2.45. The number of carboxylic acids is 1. The van der Waals surface area contributed by atoms with E-state index in [1.165, 1.54) is 0 Å². The van der Waals surface area contributed by atoms with Gasteiger partial charge >= 0.3 is 5.97 Å². The van der Waals surface area contributed by atoms with Crippen molar-refractivity contribution < 1.29 is 14.7 Å². The summed E-state index contributed by atoms with van der Waals surface area (Å²) in [6, 6.07) is -0.634. The molecule has 5 atom stereocenters. The van der Waals surface area contributed by atoms with Gasteiger partial charge in [0.1, 0.15) is 6.04 Å². The molecule has 1 N–H and O–H groups in total. The van der Waals surface area contributed by atoms with Crippen molar-refractivity contribution in [3.8, 4) is 0 Å². The Hall–Kier alpha value is -0.970. The molecule has 0 aromatic carbocycles. The summed E-state index contributed by atoms with van der Waals surface area (Å²) >= 11 is 1.60. The lowest BCUT2D eigenvalue weighted by Gasteiger charge is -2.31. The second-order valence-electron chi connectivity index (χ2n) is 5.68. The van der Waals surface area contributed by atoms with Crippen LogP contribution in [0.1, 0.15) is 26.2 Å². The fourth-order valence-corrected chi connectivity index (χ4v) is 4.97. The van der Waals surface area contributed by atoms with E-state index in [1.807, 2.05) is 6.92 Å². The van der Waals surface area contributed by atoms with E-state index < -0.39 is 12.0 Å². The van der Waals surface area contributed by atoms with Crippen molar-refractivity contribution in [2.75, 3.05) is 5.75 Å². The number of rotatable bonds is 3. The molecule has 2 aliphatic carbocycles. The summed E-state index contributed by atoms with van der Waals surface area (Å²) < 4.78 is 0. The second-order valence-corrected chi connectivity index (χ2v) is 6.89. The number of hydrogen-bond acceptors (Lipinski definition) is 3. The topological polar surface area (TPSA) is 57.6 Å². The van der Waals surface area contributed by atoms with Crippen molar-refractivity contribution in [1.82, 2.24) is 4.90 Å². The van der Waals surface area contributed by atoms with Gasteiger partial charge in [-0.1, -0.05) is 19.1 Å². The molecule has 0 aromatic rings. The maximum absolute atomic E-state index is 12.7. The van der Waals surface area contributed by atoms with Crippen LogP contribution in [0.2, 0.25) is 0 Å². The van der Waals surface area contributed by atoms with Crippen molar-refractivity contribution in [2.24, 2.45) is 17.8 Å². The van der Waals surface area contributed by atoms with Gasteiger partial charge in [0.05, 0.1) is 5.37 Å². The minimum atomic E-state index is -0.865. The standard InChI is InChI=1S/C14H19NO3S/c1-2-12-15(11(7-19-12)14(17)18)13(16)10-6-8-3-4-9(10)5-8/h3-4,8-12H,2,5-7H2,1H3,(H,17,18). The van der Waals surface area contributed by atoms with E-state index in [0.29, 0.717) is 17.6 Å². The molecule has 4 nitrogen and oxygen atoms in total. The number of amides is 1. The molecule has 19 heavy (non-hydrogen) atoms. The first-order valence-corrected chi connectivity index (χ1v) is 8.01. The van der Waals surface area contributed by atoms with Crippen LogP contribution in [0.25, 0.3) is 0 Å². The van der Waals surface area contributed by atoms with Crippen molar-refractivity contribution in [1.29, 1.82) is 0 Å². The molecule has 1 aliphatic heterocycles. The summed E-state index contributed by atoms with van der Waals surface area (Å²) in [6.45, 7) is 2.02. The molecule has 1 heterocycles. The molecule has 2 fully saturated rings. The number of aliphatic carboxylic acids is 1. The molecule has 1 saturated carbocycles. The van der Waals surface area contributed by atoms with E-state index in [4.69, 9.17) is 0 Å². The number of nitrogens with zero attached hydrogens (tertiary/aromatic N) is 1. The molecular weight excluding hydrogens is 262 g/mol. The Balaban J connectivity index is 1.80. The molecular formula is C14H19NO3S. The maximum atomic E-state index is 12.7. The Bertz CT molecular complexity index is 436. The van der Waals surface area contributed by atoms with Gasteiger partial charge in [-0.3, -0.25) is 4.79 Å². The lowest BCUT2D eigenvalue weighted by molar-refractivity contribution is -0.151. The Morgan fingerprint density at radius 3 is 2.68 bits per heavy atom. The number of carbonyl (C=O) groups excluding carboxylic acids is 1. The summed E-state index contributed by atoms with van der Waals surface area (Å²) in [5.41, 5.74) is 0. The van der Waals surface area contributed by atoms with Gasteiger partial charge in [0, 0.05) is 11.7 Å². The highest BCUT2D eigenvalue weighted by atomic mass is 32.2. The quantitative estimate of drug-likeness (QED) is 0.804. The average Bonchev–Trinajstić information content (AvgIpc) is 3.11. The van der Waals surface area contributed by atoms with Crippen molar-refractivity contribution in [3.05, 3.63) is 12.2 Å². The first-order valence-electron chi connectivity index (χ1n) is 6.96. The zero-order valence-electron chi connectivity index (χ0n) is 11.0. The monoisotopic (exact) mass is 281 g/mol. The number of carbonyl (C=O) groups is 2.